The molecule has 1 heteroatoms. The van der Waals surface area contributed by atoms with Gasteiger partial charge in [-0.25, -0.2) is 0 Å². The Labute approximate surface area is 135 Å². The van der Waals surface area contributed by atoms with Crippen molar-refractivity contribution >= 4 is 0 Å². The Morgan fingerprint density at radius 1 is 0.524 bits per heavy atom. The molecule has 0 spiro atoms. The Morgan fingerprint density at radius 3 is 1.19 bits per heavy atom. The minimum atomic E-state index is 0.896. The Balaban J connectivity index is 2.96. The second kappa shape index (κ2) is 16.3. The van der Waals surface area contributed by atoms with Crippen molar-refractivity contribution in [1.82, 2.24) is 4.90 Å². The van der Waals surface area contributed by atoms with Crippen molar-refractivity contribution in [2.24, 2.45) is 5.92 Å². The number of nitrogens with zero attached hydrogens (tertiary/aromatic N) is 1. The van der Waals surface area contributed by atoms with Crippen LogP contribution in [0.1, 0.15) is 104 Å². The van der Waals surface area contributed by atoms with E-state index in [4.69, 9.17) is 0 Å². The van der Waals surface area contributed by atoms with Crippen LogP contribution in [0.3, 0.4) is 0 Å². The van der Waals surface area contributed by atoms with Crippen LogP contribution < -0.4 is 0 Å². The van der Waals surface area contributed by atoms with Crippen molar-refractivity contribution in [2.45, 2.75) is 104 Å². The Kier molecular flexibility index (Phi) is 16.3. The Morgan fingerprint density at radius 2 is 0.857 bits per heavy atom. The molecule has 0 rings (SSSR count). The van der Waals surface area contributed by atoms with Crippen LogP contribution in [0.2, 0.25) is 0 Å². The Hall–Kier alpha value is -0.0400. The van der Waals surface area contributed by atoms with Crippen molar-refractivity contribution in [3.8, 4) is 0 Å². The maximum atomic E-state index is 2.34. The van der Waals surface area contributed by atoms with Crippen LogP contribution in [-0.2, 0) is 0 Å². The molecule has 0 atom stereocenters. The van der Waals surface area contributed by atoms with E-state index in [1.807, 2.05) is 0 Å². The molecule has 0 aliphatic carbocycles. The minimum absolute atomic E-state index is 0.896. The molecule has 0 saturated carbocycles. The third-order valence-corrected chi connectivity index (χ3v) is 4.39. The van der Waals surface area contributed by atoms with Gasteiger partial charge in [-0.1, -0.05) is 97.3 Å². The van der Waals surface area contributed by atoms with E-state index in [0.717, 1.165) is 5.92 Å². The average molecular weight is 298 g/mol. The second-order valence-corrected chi connectivity index (χ2v) is 7.58. The second-order valence-electron chi connectivity index (χ2n) is 7.58. The summed E-state index contributed by atoms with van der Waals surface area (Å²) in [5.74, 6) is 0.896. The van der Waals surface area contributed by atoms with Crippen LogP contribution >= 0.6 is 0 Å². The van der Waals surface area contributed by atoms with Gasteiger partial charge < -0.3 is 4.90 Å². The molecule has 0 aliphatic heterocycles. The molecule has 0 aromatic carbocycles. The normalized spacial score (nSPS) is 11.7. The topological polar surface area (TPSA) is 3.24 Å². The lowest BCUT2D eigenvalue weighted by Gasteiger charge is -2.08. The lowest BCUT2D eigenvalue weighted by Crippen LogP contribution is -2.12. The smallest absolute Gasteiger partial charge is 0.00248 e. The van der Waals surface area contributed by atoms with Gasteiger partial charge in [0.2, 0.25) is 0 Å². The van der Waals surface area contributed by atoms with E-state index < -0.39 is 0 Å². The molecule has 21 heavy (non-hydrogen) atoms. The highest BCUT2D eigenvalue weighted by Gasteiger charge is 1.96. The first kappa shape index (κ1) is 21.0. The van der Waals surface area contributed by atoms with Gasteiger partial charge in [0.25, 0.3) is 0 Å². The van der Waals surface area contributed by atoms with Gasteiger partial charge in [-0.2, -0.15) is 0 Å². The van der Waals surface area contributed by atoms with E-state index in [9.17, 15) is 0 Å². The summed E-state index contributed by atoms with van der Waals surface area (Å²) in [7, 11) is 4.34. The van der Waals surface area contributed by atoms with E-state index in [1.54, 1.807) is 0 Å². The fourth-order valence-electron chi connectivity index (χ4n) is 2.93. The molecular formula is C20H43N. The molecule has 0 saturated heterocycles. The summed E-state index contributed by atoms with van der Waals surface area (Å²) >= 11 is 0. The zero-order valence-corrected chi connectivity index (χ0v) is 15.6. The van der Waals surface area contributed by atoms with Crippen molar-refractivity contribution in [1.29, 1.82) is 0 Å². The third-order valence-electron chi connectivity index (χ3n) is 4.39. The molecule has 128 valence electrons. The predicted molar refractivity (Wildman–Crippen MR) is 98.0 cm³/mol. The van der Waals surface area contributed by atoms with Gasteiger partial charge in [0.15, 0.2) is 0 Å². The SMILES string of the molecule is CC(C)CCCCCCCCCCCCCCCN(C)C. The van der Waals surface area contributed by atoms with Crippen LogP contribution in [-0.4, -0.2) is 25.5 Å². The number of hydrogen-bond acceptors (Lipinski definition) is 1. The number of unbranched alkanes of at least 4 members (excludes halogenated alkanes) is 12. The van der Waals surface area contributed by atoms with Crippen LogP contribution in [0.4, 0.5) is 0 Å². The van der Waals surface area contributed by atoms with Crippen LogP contribution in [0.15, 0.2) is 0 Å². The molecule has 0 heterocycles. The van der Waals surface area contributed by atoms with E-state index in [-0.39, 0.29) is 0 Å². The summed E-state index contributed by atoms with van der Waals surface area (Å²) in [5, 5.41) is 0. The predicted octanol–water partition coefficient (Wildman–Crippen LogP) is 6.67. The maximum absolute atomic E-state index is 2.34. The minimum Gasteiger partial charge on any atom is -0.309 e. The molecule has 0 aromatic rings. The van der Waals surface area contributed by atoms with Gasteiger partial charge in [-0.15, -0.1) is 0 Å². The standard InChI is InChI=1S/C20H43N/c1-20(2)18-16-14-12-10-8-6-5-7-9-11-13-15-17-19-21(3)4/h20H,5-19H2,1-4H3. The summed E-state index contributed by atoms with van der Waals surface area (Å²) in [6, 6.07) is 0. The highest BCUT2D eigenvalue weighted by molar-refractivity contribution is 4.51. The van der Waals surface area contributed by atoms with Gasteiger partial charge in [0.05, 0.1) is 0 Å². The van der Waals surface area contributed by atoms with Crippen molar-refractivity contribution in [3.05, 3.63) is 0 Å². The first-order chi connectivity index (χ1) is 10.1. The molecule has 0 amide bonds. The van der Waals surface area contributed by atoms with Crippen molar-refractivity contribution in [3.63, 3.8) is 0 Å². The summed E-state index contributed by atoms with van der Waals surface area (Å²) in [6.45, 7) is 5.93. The van der Waals surface area contributed by atoms with Gasteiger partial charge in [-0.3, -0.25) is 0 Å². The molecule has 0 N–H and O–H groups in total. The summed E-state index contributed by atoms with van der Waals surface area (Å²) in [6.07, 6.45) is 20.4. The summed E-state index contributed by atoms with van der Waals surface area (Å²) in [5.41, 5.74) is 0. The highest BCUT2D eigenvalue weighted by Crippen LogP contribution is 2.14. The van der Waals surface area contributed by atoms with Crippen LogP contribution in [0.5, 0.6) is 0 Å². The lowest BCUT2D eigenvalue weighted by molar-refractivity contribution is 0.389. The Bertz CT molecular complexity index is 166. The fourth-order valence-corrected chi connectivity index (χ4v) is 2.93. The zero-order chi connectivity index (χ0) is 15.8. The molecule has 0 unspecified atom stereocenters. The molecule has 1 nitrogen and oxygen atoms in total. The first-order valence-corrected chi connectivity index (χ1v) is 9.77. The number of rotatable bonds is 16. The molecule has 0 radical (unpaired) electrons. The van der Waals surface area contributed by atoms with E-state index in [2.05, 4.69) is 32.8 Å². The molecule has 0 fully saturated rings. The van der Waals surface area contributed by atoms with E-state index in [0.29, 0.717) is 0 Å². The van der Waals surface area contributed by atoms with E-state index >= 15 is 0 Å². The maximum Gasteiger partial charge on any atom is -0.00248 e. The van der Waals surface area contributed by atoms with E-state index in [1.165, 1.54) is 96.4 Å². The van der Waals surface area contributed by atoms with Crippen LogP contribution in [0, 0.1) is 5.92 Å². The summed E-state index contributed by atoms with van der Waals surface area (Å²) in [4.78, 5) is 2.29. The van der Waals surface area contributed by atoms with Gasteiger partial charge in [0, 0.05) is 0 Å². The van der Waals surface area contributed by atoms with Crippen molar-refractivity contribution < 1.29 is 0 Å². The molecule has 0 aliphatic rings. The molecule has 0 aromatic heterocycles. The van der Waals surface area contributed by atoms with Gasteiger partial charge >= 0.3 is 0 Å². The largest absolute Gasteiger partial charge is 0.309 e. The molecular weight excluding hydrogens is 254 g/mol. The monoisotopic (exact) mass is 297 g/mol. The fraction of sp³-hybridized carbons (Fsp3) is 1.00. The van der Waals surface area contributed by atoms with Gasteiger partial charge in [0.1, 0.15) is 0 Å². The van der Waals surface area contributed by atoms with Gasteiger partial charge in [-0.05, 0) is 33.0 Å². The van der Waals surface area contributed by atoms with Crippen molar-refractivity contribution in [2.75, 3.05) is 20.6 Å². The molecule has 0 bridgehead atoms. The first-order valence-electron chi connectivity index (χ1n) is 9.77. The third kappa shape index (κ3) is 20.0. The quantitative estimate of drug-likeness (QED) is 0.288. The lowest BCUT2D eigenvalue weighted by atomic mass is 10.0. The zero-order valence-electron chi connectivity index (χ0n) is 15.6. The number of hydrogen-bond donors (Lipinski definition) is 0. The summed E-state index contributed by atoms with van der Waals surface area (Å²) < 4.78 is 0. The average Bonchev–Trinajstić information content (AvgIpc) is 2.42. The van der Waals surface area contributed by atoms with Crippen LogP contribution in [0.25, 0.3) is 0 Å². The highest BCUT2D eigenvalue weighted by atomic mass is 15.0.